The van der Waals surface area contributed by atoms with E-state index in [1.807, 2.05) is 20.8 Å². The Morgan fingerprint density at radius 1 is 0.682 bits per heavy atom. The van der Waals surface area contributed by atoms with E-state index in [9.17, 15) is 24.3 Å². The van der Waals surface area contributed by atoms with Crippen molar-refractivity contribution < 1.29 is 24.3 Å². The summed E-state index contributed by atoms with van der Waals surface area (Å²) in [7, 11) is 0. The van der Waals surface area contributed by atoms with E-state index >= 15 is 0 Å². The van der Waals surface area contributed by atoms with Gasteiger partial charge in [0, 0.05) is 0 Å². The Balaban J connectivity index is 5.63. The fraction of sp³-hybridized carbons (Fsp3) is 0.750. The summed E-state index contributed by atoms with van der Waals surface area (Å²) in [5.41, 5.74) is 0. The third kappa shape index (κ3) is 5.05. The maximum absolute atomic E-state index is 12.5. The zero-order valence-corrected chi connectivity index (χ0v) is 16.0. The van der Waals surface area contributed by atoms with Gasteiger partial charge in [-0.25, -0.2) is 0 Å². The van der Waals surface area contributed by atoms with Crippen LogP contribution in [0.25, 0.3) is 0 Å². The van der Waals surface area contributed by atoms with E-state index in [-0.39, 0.29) is 19.3 Å². The Bertz CT molecular complexity index is 366. The van der Waals surface area contributed by atoms with Crippen LogP contribution in [-0.2, 0) is 14.4 Å². The number of carbonyl (C=O) groups excluding carboxylic acids is 3. The number of hydrogen-bond acceptors (Lipinski definition) is 4. The zero-order chi connectivity index (χ0) is 17.2. The molecule has 0 aromatic carbocycles. The summed E-state index contributed by atoms with van der Waals surface area (Å²) in [6, 6.07) is 0. The molecule has 0 heterocycles. The standard InChI is InChI=1S/C16H29AsO5/c1-4-7-10-13(18)17(16(21)22,14(19)11-8-5-2)15(20)12-9-6-3/h17H,4-12H2,1-3H3,(H,21,22). The summed E-state index contributed by atoms with van der Waals surface area (Å²) in [6.07, 6.45) is 3.90. The summed E-state index contributed by atoms with van der Waals surface area (Å²) in [5, 5.41) is 9.65. The molecule has 6 heteroatoms. The van der Waals surface area contributed by atoms with Crippen LogP contribution in [0.15, 0.2) is 0 Å². The van der Waals surface area contributed by atoms with E-state index in [0.717, 1.165) is 19.3 Å². The molecule has 0 rings (SSSR count). The van der Waals surface area contributed by atoms with Crippen molar-refractivity contribution in [1.29, 1.82) is 0 Å². The summed E-state index contributed by atoms with van der Waals surface area (Å²) in [5.74, 6) is 0. The van der Waals surface area contributed by atoms with Crippen molar-refractivity contribution >= 4 is 32.0 Å². The molecular weight excluding hydrogens is 347 g/mol. The van der Waals surface area contributed by atoms with E-state index in [4.69, 9.17) is 0 Å². The minimum atomic E-state index is -4.93. The van der Waals surface area contributed by atoms with Crippen LogP contribution in [0.1, 0.15) is 78.6 Å². The average molecular weight is 376 g/mol. The van der Waals surface area contributed by atoms with Crippen LogP contribution in [0.5, 0.6) is 0 Å². The van der Waals surface area contributed by atoms with Crippen LogP contribution < -0.4 is 0 Å². The van der Waals surface area contributed by atoms with E-state index in [1.54, 1.807) is 0 Å². The zero-order valence-electron chi connectivity index (χ0n) is 13.9. The van der Waals surface area contributed by atoms with Gasteiger partial charge in [-0.1, -0.05) is 0 Å². The molecule has 128 valence electrons. The van der Waals surface area contributed by atoms with Crippen LogP contribution in [-0.4, -0.2) is 37.1 Å². The van der Waals surface area contributed by atoms with Crippen molar-refractivity contribution in [2.45, 2.75) is 78.6 Å². The first-order valence-electron chi connectivity index (χ1n) is 8.22. The first-order chi connectivity index (χ1) is 10.4. The number of unbranched alkanes of at least 4 members (excludes halogenated alkanes) is 3. The molecule has 0 aromatic rings. The Morgan fingerprint density at radius 3 is 1.14 bits per heavy atom. The molecule has 0 spiro atoms. The fourth-order valence-electron chi connectivity index (χ4n) is 2.40. The minimum absolute atomic E-state index is 0.0402. The van der Waals surface area contributed by atoms with Crippen molar-refractivity contribution in [3.05, 3.63) is 0 Å². The SMILES string of the molecule is CCCCC(=O)[AsH](C(=O)O)(C(=O)CCCC)C(=O)CCCC. The second kappa shape index (κ2) is 10.7. The number of rotatable bonds is 13. The first-order valence-corrected chi connectivity index (χ1v) is 12.4. The average Bonchev–Trinajstić information content (AvgIpc) is 2.48. The molecular formula is C16H29AsO5. The molecule has 0 radical (unpaired) electrons. The van der Waals surface area contributed by atoms with Gasteiger partial charge in [-0.05, 0) is 0 Å². The van der Waals surface area contributed by atoms with Crippen molar-refractivity contribution in [3.63, 3.8) is 0 Å². The predicted molar refractivity (Wildman–Crippen MR) is 88.8 cm³/mol. The quantitative estimate of drug-likeness (QED) is 0.498. The summed E-state index contributed by atoms with van der Waals surface area (Å²) < 4.78 is -3.09. The Hall–Kier alpha value is -0.962. The van der Waals surface area contributed by atoms with Gasteiger partial charge in [0.2, 0.25) is 0 Å². The first kappa shape index (κ1) is 21.0. The summed E-state index contributed by atoms with van der Waals surface area (Å²) in [6.45, 7) is 5.67. The van der Waals surface area contributed by atoms with E-state index < -0.39 is 32.0 Å². The van der Waals surface area contributed by atoms with E-state index in [1.165, 1.54) is 0 Å². The van der Waals surface area contributed by atoms with Gasteiger partial charge >= 0.3 is 135 Å². The number of carbonyl (C=O) groups is 4. The molecule has 0 aliphatic carbocycles. The van der Waals surface area contributed by atoms with Crippen LogP contribution in [0, 0.1) is 0 Å². The number of hydrogen-bond donors (Lipinski definition) is 1. The number of carboxylic acid groups (broad SMARTS) is 1. The van der Waals surface area contributed by atoms with Gasteiger partial charge < -0.3 is 0 Å². The van der Waals surface area contributed by atoms with Gasteiger partial charge in [0.1, 0.15) is 0 Å². The molecule has 0 unspecified atom stereocenters. The molecule has 1 N–H and O–H groups in total. The van der Waals surface area contributed by atoms with Gasteiger partial charge in [-0.15, -0.1) is 0 Å². The van der Waals surface area contributed by atoms with Gasteiger partial charge in [-0.2, -0.15) is 0 Å². The molecule has 5 nitrogen and oxygen atoms in total. The third-order valence-corrected chi connectivity index (χ3v) is 12.0. The maximum atomic E-state index is 12.5. The van der Waals surface area contributed by atoms with E-state index in [0.29, 0.717) is 19.3 Å². The molecule has 0 saturated heterocycles. The van der Waals surface area contributed by atoms with Gasteiger partial charge in [0.25, 0.3) is 0 Å². The molecule has 22 heavy (non-hydrogen) atoms. The van der Waals surface area contributed by atoms with E-state index in [2.05, 4.69) is 0 Å². The van der Waals surface area contributed by atoms with Crippen molar-refractivity contribution in [1.82, 2.24) is 0 Å². The molecule has 0 aliphatic heterocycles. The fourth-order valence-corrected chi connectivity index (χ4v) is 9.33. The van der Waals surface area contributed by atoms with Crippen molar-refractivity contribution in [2.75, 3.05) is 0 Å². The second-order valence-corrected chi connectivity index (χ2v) is 13.2. The molecule has 0 fully saturated rings. The molecule has 0 bridgehead atoms. The summed E-state index contributed by atoms with van der Waals surface area (Å²) in [4.78, 5) is 49.5. The predicted octanol–water partition coefficient (Wildman–Crippen LogP) is 3.32. The molecule has 0 atom stereocenters. The third-order valence-electron chi connectivity index (χ3n) is 3.85. The molecule has 0 aromatic heterocycles. The van der Waals surface area contributed by atoms with Gasteiger partial charge in [0.05, 0.1) is 0 Å². The van der Waals surface area contributed by atoms with Crippen molar-refractivity contribution in [3.8, 4) is 0 Å². The molecule has 0 amide bonds. The Morgan fingerprint density at radius 2 is 0.955 bits per heavy atom. The van der Waals surface area contributed by atoms with Gasteiger partial charge in [-0.3, -0.25) is 0 Å². The van der Waals surface area contributed by atoms with Crippen LogP contribution in [0.3, 0.4) is 0 Å². The topological polar surface area (TPSA) is 88.5 Å². The normalized spacial score (nSPS) is 12.0. The van der Waals surface area contributed by atoms with Gasteiger partial charge in [0.15, 0.2) is 0 Å². The molecule has 0 saturated carbocycles. The second-order valence-electron chi connectivity index (χ2n) is 5.64. The Kier molecular flexibility index (Phi) is 10.2. The van der Waals surface area contributed by atoms with Crippen LogP contribution in [0.2, 0.25) is 0 Å². The van der Waals surface area contributed by atoms with Crippen LogP contribution in [0.4, 0.5) is 4.79 Å². The monoisotopic (exact) mass is 376 g/mol. The Labute approximate surface area is 135 Å². The van der Waals surface area contributed by atoms with Crippen LogP contribution >= 0.6 is 0 Å². The molecule has 0 aliphatic rings. The summed E-state index contributed by atoms with van der Waals surface area (Å²) >= 11 is -4.93. The van der Waals surface area contributed by atoms with Crippen molar-refractivity contribution in [2.24, 2.45) is 0 Å².